The molecule has 0 bridgehead atoms. The van der Waals surface area contributed by atoms with E-state index in [9.17, 15) is 0 Å². The quantitative estimate of drug-likeness (QED) is 0.581. The van der Waals surface area contributed by atoms with Gasteiger partial charge in [-0.3, -0.25) is 10.4 Å². The van der Waals surface area contributed by atoms with Crippen LogP contribution in [0.25, 0.3) is 10.6 Å². The molecular formula is C9H10N4S. The molecule has 0 aliphatic heterocycles. The van der Waals surface area contributed by atoms with Crippen molar-refractivity contribution in [3.63, 3.8) is 0 Å². The maximum atomic E-state index is 5.29. The van der Waals surface area contributed by atoms with Gasteiger partial charge in [-0.15, -0.1) is 0 Å². The average Bonchev–Trinajstić information content (AvgIpc) is 2.61. The Morgan fingerprint density at radius 1 is 1.43 bits per heavy atom. The van der Waals surface area contributed by atoms with Gasteiger partial charge in [0.25, 0.3) is 0 Å². The van der Waals surface area contributed by atoms with E-state index in [1.165, 1.54) is 11.3 Å². The Labute approximate surface area is 85.8 Å². The second-order valence-electron chi connectivity index (χ2n) is 2.79. The molecule has 0 radical (unpaired) electrons. The van der Waals surface area contributed by atoms with Crippen LogP contribution < -0.4 is 11.3 Å². The molecule has 0 spiro atoms. The number of nitrogen functional groups attached to an aromatic ring is 1. The molecule has 0 amide bonds. The fraction of sp³-hybridized carbons (Fsp3) is 0.111. The summed E-state index contributed by atoms with van der Waals surface area (Å²) in [6, 6.07) is 5.81. The summed E-state index contributed by atoms with van der Waals surface area (Å²) in [7, 11) is 0. The molecule has 14 heavy (non-hydrogen) atoms. The van der Waals surface area contributed by atoms with E-state index in [0.29, 0.717) is 5.13 Å². The van der Waals surface area contributed by atoms with E-state index in [2.05, 4.69) is 15.4 Å². The number of hydrogen-bond acceptors (Lipinski definition) is 5. The highest BCUT2D eigenvalue weighted by molar-refractivity contribution is 7.19. The fourth-order valence-electron chi connectivity index (χ4n) is 1.19. The number of hydrogen-bond donors (Lipinski definition) is 2. The number of hydrazine groups is 1. The van der Waals surface area contributed by atoms with Gasteiger partial charge in [0.15, 0.2) is 5.13 Å². The third-order valence-electron chi connectivity index (χ3n) is 1.82. The number of pyridine rings is 1. The van der Waals surface area contributed by atoms with Gasteiger partial charge in [-0.2, -0.15) is 0 Å². The van der Waals surface area contributed by atoms with Gasteiger partial charge in [0.2, 0.25) is 0 Å². The summed E-state index contributed by atoms with van der Waals surface area (Å²) < 4.78 is 0. The number of rotatable bonds is 2. The average molecular weight is 206 g/mol. The first-order chi connectivity index (χ1) is 6.81. The Bertz CT molecular complexity index is 424. The monoisotopic (exact) mass is 206 g/mol. The number of nitrogens with one attached hydrogen (secondary N) is 1. The van der Waals surface area contributed by atoms with Crippen LogP contribution in [0.3, 0.4) is 0 Å². The van der Waals surface area contributed by atoms with E-state index in [-0.39, 0.29) is 0 Å². The summed E-state index contributed by atoms with van der Waals surface area (Å²) in [6.07, 6.45) is 1.77. The lowest BCUT2D eigenvalue weighted by Crippen LogP contribution is -2.05. The number of nitrogens with zero attached hydrogens (tertiary/aromatic N) is 2. The summed E-state index contributed by atoms with van der Waals surface area (Å²) in [5.41, 5.74) is 4.42. The molecule has 2 aromatic rings. The van der Waals surface area contributed by atoms with Crippen LogP contribution >= 0.6 is 11.3 Å². The molecule has 0 fully saturated rings. The zero-order valence-electron chi connectivity index (χ0n) is 7.69. The summed E-state index contributed by atoms with van der Waals surface area (Å²) in [4.78, 5) is 9.56. The molecule has 0 aliphatic rings. The van der Waals surface area contributed by atoms with Gasteiger partial charge in [0, 0.05) is 6.20 Å². The van der Waals surface area contributed by atoms with E-state index >= 15 is 0 Å². The van der Waals surface area contributed by atoms with Crippen molar-refractivity contribution < 1.29 is 0 Å². The molecule has 72 valence electrons. The SMILES string of the molecule is Cc1nc(NN)sc1-c1ccccn1. The maximum Gasteiger partial charge on any atom is 0.197 e. The lowest BCUT2D eigenvalue weighted by Gasteiger charge is -1.94. The first kappa shape index (κ1) is 9.11. The molecule has 4 nitrogen and oxygen atoms in total. The molecule has 0 atom stereocenters. The lowest BCUT2D eigenvalue weighted by atomic mass is 10.3. The third kappa shape index (κ3) is 1.59. The van der Waals surface area contributed by atoms with Crippen LogP contribution in [-0.4, -0.2) is 9.97 Å². The van der Waals surface area contributed by atoms with Crippen LogP contribution in [0.15, 0.2) is 24.4 Å². The number of aromatic nitrogens is 2. The van der Waals surface area contributed by atoms with E-state index < -0.39 is 0 Å². The van der Waals surface area contributed by atoms with Gasteiger partial charge < -0.3 is 0 Å². The van der Waals surface area contributed by atoms with E-state index in [4.69, 9.17) is 5.84 Å². The molecule has 0 aromatic carbocycles. The minimum Gasteiger partial charge on any atom is -0.300 e. The zero-order valence-corrected chi connectivity index (χ0v) is 8.51. The van der Waals surface area contributed by atoms with E-state index in [1.807, 2.05) is 25.1 Å². The number of aryl methyl sites for hydroxylation is 1. The van der Waals surface area contributed by atoms with Crippen molar-refractivity contribution in [3.05, 3.63) is 30.1 Å². The molecule has 3 N–H and O–H groups in total. The van der Waals surface area contributed by atoms with Gasteiger partial charge in [-0.1, -0.05) is 17.4 Å². The largest absolute Gasteiger partial charge is 0.300 e. The molecule has 5 heteroatoms. The Balaban J connectivity index is 2.46. The standard InChI is InChI=1S/C9H10N4S/c1-6-8(14-9(12-6)13-10)7-4-2-3-5-11-7/h2-5H,10H2,1H3,(H,12,13). The van der Waals surface area contributed by atoms with Crippen LogP contribution in [0.5, 0.6) is 0 Å². The normalized spacial score (nSPS) is 10.1. The van der Waals surface area contributed by atoms with Gasteiger partial charge in [0.1, 0.15) is 0 Å². The van der Waals surface area contributed by atoms with Gasteiger partial charge in [0.05, 0.1) is 16.3 Å². The predicted molar refractivity (Wildman–Crippen MR) is 57.9 cm³/mol. The van der Waals surface area contributed by atoms with E-state index in [1.54, 1.807) is 6.20 Å². The van der Waals surface area contributed by atoms with E-state index in [0.717, 1.165) is 16.3 Å². The first-order valence-corrected chi connectivity index (χ1v) is 4.98. The maximum absolute atomic E-state index is 5.29. The number of anilines is 1. The molecule has 2 aromatic heterocycles. The van der Waals surface area contributed by atoms with Gasteiger partial charge in [-0.05, 0) is 19.1 Å². The van der Waals surface area contributed by atoms with Crippen LogP contribution in [0.2, 0.25) is 0 Å². The van der Waals surface area contributed by atoms with Crippen LogP contribution in [0, 0.1) is 6.92 Å². The highest BCUT2D eigenvalue weighted by Gasteiger charge is 2.08. The first-order valence-electron chi connectivity index (χ1n) is 4.16. The Morgan fingerprint density at radius 3 is 2.86 bits per heavy atom. The smallest absolute Gasteiger partial charge is 0.197 e. The summed E-state index contributed by atoms with van der Waals surface area (Å²) in [6.45, 7) is 1.95. The minimum atomic E-state index is 0.711. The Morgan fingerprint density at radius 2 is 2.29 bits per heavy atom. The second-order valence-corrected chi connectivity index (χ2v) is 3.79. The molecule has 0 saturated carbocycles. The number of nitrogens with two attached hydrogens (primary N) is 1. The zero-order chi connectivity index (χ0) is 9.97. The van der Waals surface area contributed by atoms with Crippen molar-refractivity contribution in [3.8, 4) is 10.6 Å². The van der Waals surface area contributed by atoms with Crippen molar-refractivity contribution in [2.24, 2.45) is 5.84 Å². The van der Waals surface area contributed by atoms with Crippen molar-refractivity contribution in [2.75, 3.05) is 5.43 Å². The molecule has 0 unspecified atom stereocenters. The Kier molecular flexibility index (Phi) is 2.43. The van der Waals surface area contributed by atoms with Crippen LogP contribution in [0.4, 0.5) is 5.13 Å². The van der Waals surface area contributed by atoms with Gasteiger partial charge >= 0.3 is 0 Å². The van der Waals surface area contributed by atoms with Crippen molar-refractivity contribution >= 4 is 16.5 Å². The second kappa shape index (κ2) is 3.73. The highest BCUT2D eigenvalue weighted by atomic mass is 32.1. The van der Waals surface area contributed by atoms with Gasteiger partial charge in [-0.25, -0.2) is 10.8 Å². The molecule has 0 saturated heterocycles. The topological polar surface area (TPSA) is 63.8 Å². The number of thiazole rings is 1. The Hall–Kier alpha value is -1.46. The fourth-order valence-corrected chi connectivity index (χ4v) is 2.05. The summed E-state index contributed by atoms with van der Waals surface area (Å²) in [5, 5.41) is 0.711. The lowest BCUT2D eigenvalue weighted by molar-refractivity contribution is 1.21. The minimum absolute atomic E-state index is 0.711. The summed E-state index contributed by atoms with van der Waals surface area (Å²) >= 11 is 1.50. The van der Waals surface area contributed by atoms with Crippen molar-refractivity contribution in [1.82, 2.24) is 9.97 Å². The molecular weight excluding hydrogens is 196 g/mol. The highest BCUT2D eigenvalue weighted by Crippen LogP contribution is 2.30. The summed E-state index contributed by atoms with van der Waals surface area (Å²) in [5.74, 6) is 5.29. The predicted octanol–water partition coefficient (Wildman–Crippen LogP) is 1.80. The van der Waals surface area contributed by atoms with Crippen LogP contribution in [0.1, 0.15) is 5.69 Å². The van der Waals surface area contributed by atoms with Crippen LogP contribution in [-0.2, 0) is 0 Å². The molecule has 2 rings (SSSR count). The van der Waals surface area contributed by atoms with Crippen molar-refractivity contribution in [1.29, 1.82) is 0 Å². The molecule has 2 heterocycles. The third-order valence-corrected chi connectivity index (χ3v) is 2.93. The molecule has 0 aliphatic carbocycles. The van der Waals surface area contributed by atoms with Crippen molar-refractivity contribution in [2.45, 2.75) is 6.92 Å².